The van der Waals surface area contributed by atoms with Gasteiger partial charge in [0.1, 0.15) is 5.75 Å². The molecule has 0 spiro atoms. The molecule has 0 aliphatic carbocycles. The van der Waals surface area contributed by atoms with Crippen LogP contribution in [0, 0.1) is 0 Å². The maximum absolute atomic E-state index is 9.77. The van der Waals surface area contributed by atoms with E-state index in [0.717, 1.165) is 29.7 Å². The fourth-order valence-corrected chi connectivity index (χ4v) is 1.88. The van der Waals surface area contributed by atoms with Crippen molar-refractivity contribution in [1.29, 1.82) is 0 Å². The van der Waals surface area contributed by atoms with Crippen LogP contribution in [0.3, 0.4) is 0 Å². The molecule has 1 aliphatic rings. The number of phenols is 1. The van der Waals surface area contributed by atoms with Crippen LogP contribution in [0.1, 0.15) is 31.4 Å². The predicted molar refractivity (Wildman–Crippen MR) is 63.2 cm³/mol. The molecule has 0 saturated carbocycles. The number of hydrogen-bond acceptors (Lipinski definition) is 2. The normalized spacial score (nSPS) is 15.1. The highest BCUT2D eigenvalue weighted by atomic mass is 16.3. The van der Waals surface area contributed by atoms with Gasteiger partial charge < -0.3 is 5.11 Å². The molecule has 0 bridgehead atoms. The van der Waals surface area contributed by atoms with E-state index in [1.54, 1.807) is 0 Å². The van der Waals surface area contributed by atoms with Crippen molar-refractivity contribution in [3.8, 4) is 5.75 Å². The first-order valence-electron chi connectivity index (χ1n) is 5.27. The van der Waals surface area contributed by atoms with E-state index in [0.29, 0.717) is 5.75 Å². The van der Waals surface area contributed by atoms with Crippen molar-refractivity contribution in [3.63, 3.8) is 0 Å². The van der Waals surface area contributed by atoms with Crippen LogP contribution in [0.25, 0.3) is 5.57 Å². The smallest absolute Gasteiger partial charge is 0.119 e. The maximum atomic E-state index is 9.77. The van der Waals surface area contributed by atoms with Crippen LogP contribution in [0.15, 0.2) is 28.9 Å². The molecule has 1 heterocycles. The minimum atomic E-state index is 0.391. The molecular formula is C13H15NO. The fraction of sp³-hybridized carbons (Fsp3) is 0.308. The monoisotopic (exact) mass is 201 g/mol. The second-order valence-corrected chi connectivity index (χ2v) is 3.78. The first-order chi connectivity index (χ1) is 7.22. The molecule has 2 nitrogen and oxygen atoms in total. The van der Waals surface area contributed by atoms with E-state index in [4.69, 9.17) is 0 Å². The summed E-state index contributed by atoms with van der Waals surface area (Å²) in [5, 5.41) is 9.77. The number of allylic oxidation sites excluding steroid dienone is 2. The summed E-state index contributed by atoms with van der Waals surface area (Å²) in [5.74, 6) is 0.391. The number of benzene rings is 1. The molecule has 0 unspecified atom stereocenters. The third kappa shape index (κ3) is 1.80. The van der Waals surface area contributed by atoms with Gasteiger partial charge in [-0.05, 0) is 36.1 Å². The molecule has 78 valence electrons. The van der Waals surface area contributed by atoms with Gasteiger partial charge in [-0.1, -0.05) is 19.1 Å². The summed E-state index contributed by atoms with van der Waals surface area (Å²) in [6.07, 6.45) is 3.65. The molecule has 0 radical (unpaired) electrons. The highest BCUT2D eigenvalue weighted by Gasteiger charge is 2.10. The molecule has 0 aromatic heterocycles. The van der Waals surface area contributed by atoms with Crippen LogP contribution in [0.5, 0.6) is 5.75 Å². The van der Waals surface area contributed by atoms with Crippen LogP contribution in [0.4, 0.5) is 0 Å². The number of phenolic OH excluding ortho intramolecular Hbond substituents is 1. The molecule has 1 aliphatic heterocycles. The third-order valence-electron chi connectivity index (χ3n) is 2.83. The lowest BCUT2D eigenvalue weighted by atomic mass is 10.00. The molecule has 1 aromatic rings. The standard InChI is InChI=1S/C13H15NO/c1-3-10-4-5-11(8-13(10)15)12-6-7-14-9(12)2/h4-5,7-8,15H,3,6H2,1-2H3. The van der Waals surface area contributed by atoms with Gasteiger partial charge in [-0.2, -0.15) is 0 Å². The van der Waals surface area contributed by atoms with Crippen LogP contribution in [0.2, 0.25) is 0 Å². The van der Waals surface area contributed by atoms with E-state index in [9.17, 15) is 5.11 Å². The molecule has 1 N–H and O–H groups in total. The van der Waals surface area contributed by atoms with E-state index in [1.807, 2.05) is 32.2 Å². The average Bonchev–Trinajstić information content (AvgIpc) is 2.64. The molecule has 2 heteroatoms. The zero-order chi connectivity index (χ0) is 10.8. The van der Waals surface area contributed by atoms with Gasteiger partial charge >= 0.3 is 0 Å². The van der Waals surface area contributed by atoms with Crippen LogP contribution in [-0.2, 0) is 6.42 Å². The number of aromatic hydroxyl groups is 1. The lowest BCUT2D eigenvalue weighted by Gasteiger charge is -2.07. The first-order valence-corrected chi connectivity index (χ1v) is 5.27. The summed E-state index contributed by atoms with van der Waals surface area (Å²) in [7, 11) is 0. The Balaban J connectivity index is 2.39. The highest BCUT2D eigenvalue weighted by Crippen LogP contribution is 2.30. The van der Waals surface area contributed by atoms with E-state index in [1.165, 1.54) is 5.57 Å². The summed E-state index contributed by atoms with van der Waals surface area (Å²) in [4.78, 5) is 4.24. The number of nitrogens with zero attached hydrogens (tertiary/aromatic N) is 1. The molecule has 0 amide bonds. The molecular weight excluding hydrogens is 186 g/mol. The van der Waals surface area contributed by atoms with Gasteiger partial charge in [0.2, 0.25) is 0 Å². The van der Waals surface area contributed by atoms with Crippen molar-refractivity contribution in [1.82, 2.24) is 0 Å². The van der Waals surface area contributed by atoms with Crippen molar-refractivity contribution in [3.05, 3.63) is 35.0 Å². The molecule has 2 rings (SSSR count). The molecule has 15 heavy (non-hydrogen) atoms. The summed E-state index contributed by atoms with van der Waals surface area (Å²) in [6, 6.07) is 5.89. The second kappa shape index (κ2) is 3.89. The van der Waals surface area contributed by atoms with Gasteiger partial charge in [0, 0.05) is 18.3 Å². The highest BCUT2D eigenvalue weighted by molar-refractivity contribution is 5.86. The SMILES string of the molecule is CCc1ccc(C2=C(C)N=CC2)cc1O. The Morgan fingerprint density at radius 3 is 2.73 bits per heavy atom. The Kier molecular flexibility index (Phi) is 2.58. The van der Waals surface area contributed by atoms with Gasteiger partial charge in [0.15, 0.2) is 0 Å². The number of hydrogen-bond donors (Lipinski definition) is 1. The Morgan fingerprint density at radius 2 is 2.20 bits per heavy atom. The zero-order valence-electron chi connectivity index (χ0n) is 9.12. The number of aryl methyl sites for hydroxylation is 1. The first kappa shape index (κ1) is 9.97. The van der Waals surface area contributed by atoms with Crippen LogP contribution >= 0.6 is 0 Å². The molecule has 0 fully saturated rings. The fourth-order valence-electron chi connectivity index (χ4n) is 1.88. The van der Waals surface area contributed by atoms with E-state index in [-0.39, 0.29) is 0 Å². The van der Waals surface area contributed by atoms with Gasteiger partial charge in [-0.25, -0.2) is 0 Å². The van der Waals surface area contributed by atoms with E-state index in [2.05, 4.69) is 11.1 Å². The second-order valence-electron chi connectivity index (χ2n) is 3.78. The summed E-state index contributed by atoms with van der Waals surface area (Å²) >= 11 is 0. The maximum Gasteiger partial charge on any atom is 0.119 e. The van der Waals surface area contributed by atoms with Gasteiger partial charge in [-0.15, -0.1) is 0 Å². The Bertz CT molecular complexity index is 444. The average molecular weight is 201 g/mol. The summed E-state index contributed by atoms with van der Waals surface area (Å²) in [6.45, 7) is 4.04. The Morgan fingerprint density at radius 1 is 1.40 bits per heavy atom. The van der Waals surface area contributed by atoms with Crippen LogP contribution in [-0.4, -0.2) is 11.3 Å². The topological polar surface area (TPSA) is 32.6 Å². The summed E-state index contributed by atoms with van der Waals surface area (Å²) < 4.78 is 0. The minimum Gasteiger partial charge on any atom is -0.508 e. The van der Waals surface area contributed by atoms with Crippen molar-refractivity contribution in [2.45, 2.75) is 26.7 Å². The van der Waals surface area contributed by atoms with Crippen molar-refractivity contribution < 1.29 is 5.11 Å². The van der Waals surface area contributed by atoms with Gasteiger partial charge in [-0.3, -0.25) is 4.99 Å². The van der Waals surface area contributed by atoms with Crippen LogP contribution < -0.4 is 0 Å². The Labute approximate surface area is 90.0 Å². The third-order valence-corrected chi connectivity index (χ3v) is 2.83. The van der Waals surface area contributed by atoms with Crippen molar-refractivity contribution in [2.24, 2.45) is 4.99 Å². The van der Waals surface area contributed by atoms with Gasteiger partial charge in [0.05, 0.1) is 0 Å². The summed E-state index contributed by atoms with van der Waals surface area (Å²) in [5.41, 5.74) is 4.35. The van der Waals surface area contributed by atoms with Gasteiger partial charge in [0.25, 0.3) is 0 Å². The van der Waals surface area contributed by atoms with E-state index < -0.39 is 0 Å². The van der Waals surface area contributed by atoms with E-state index >= 15 is 0 Å². The lowest BCUT2D eigenvalue weighted by Crippen LogP contribution is -1.87. The minimum absolute atomic E-state index is 0.391. The molecule has 0 saturated heterocycles. The predicted octanol–water partition coefficient (Wildman–Crippen LogP) is 3.16. The number of rotatable bonds is 2. The zero-order valence-corrected chi connectivity index (χ0v) is 9.12. The Hall–Kier alpha value is -1.57. The number of aliphatic imine (C=N–C) groups is 1. The van der Waals surface area contributed by atoms with Crippen molar-refractivity contribution in [2.75, 3.05) is 0 Å². The molecule has 0 atom stereocenters. The lowest BCUT2D eigenvalue weighted by molar-refractivity contribution is 0.468. The van der Waals surface area contributed by atoms with Crippen molar-refractivity contribution >= 4 is 11.8 Å². The largest absolute Gasteiger partial charge is 0.508 e. The quantitative estimate of drug-likeness (QED) is 0.783. The molecule has 1 aromatic carbocycles.